The third-order valence-corrected chi connectivity index (χ3v) is 6.14. The Kier molecular flexibility index (Phi) is 4.46. The van der Waals surface area contributed by atoms with Crippen LogP contribution in [-0.2, 0) is 0 Å². The number of fused-ring (bicyclic) bond motifs is 1. The van der Waals surface area contributed by atoms with Crippen LogP contribution in [-0.4, -0.2) is 14.5 Å². The second kappa shape index (κ2) is 7.28. The fourth-order valence-electron chi connectivity index (χ4n) is 3.21. The van der Waals surface area contributed by atoms with Crippen LogP contribution in [0.25, 0.3) is 37.5 Å². The first kappa shape index (κ1) is 17.8. The van der Waals surface area contributed by atoms with E-state index >= 15 is 0 Å². The first-order valence-electron chi connectivity index (χ1n) is 8.97. The second-order valence-corrected chi connectivity index (χ2v) is 8.02. The van der Waals surface area contributed by atoms with Gasteiger partial charge in [0.05, 0.1) is 11.2 Å². The normalized spacial score (nSPS) is 11.1. The van der Waals surface area contributed by atoms with Crippen LogP contribution in [0, 0.1) is 0 Å². The van der Waals surface area contributed by atoms with Gasteiger partial charge in [-0.1, -0.05) is 35.9 Å². The van der Waals surface area contributed by atoms with Gasteiger partial charge >= 0.3 is 0 Å². The molecule has 0 bridgehead atoms. The first-order valence-corrected chi connectivity index (χ1v) is 10.2. The van der Waals surface area contributed by atoms with Crippen molar-refractivity contribution in [2.75, 3.05) is 0 Å². The van der Waals surface area contributed by atoms with Gasteiger partial charge in [-0.25, -0.2) is 4.98 Å². The van der Waals surface area contributed by atoms with Crippen LogP contribution in [0.1, 0.15) is 0 Å². The minimum Gasteiger partial charge on any atom is -0.267 e. The van der Waals surface area contributed by atoms with Crippen LogP contribution in [0.2, 0.25) is 5.02 Å². The molecule has 0 radical (unpaired) electrons. The summed E-state index contributed by atoms with van der Waals surface area (Å²) in [7, 11) is 0. The monoisotopic (exact) mass is 415 g/mol. The predicted molar refractivity (Wildman–Crippen MR) is 119 cm³/mol. The molecule has 4 nitrogen and oxygen atoms in total. The molecule has 5 rings (SSSR count). The van der Waals surface area contributed by atoms with Gasteiger partial charge in [0.1, 0.15) is 11.0 Å². The summed E-state index contributed by atoms with van der Waals surface area (Å²) in [5.74, 6) is 0. The van der Waals surface area contributed by atoms with Gasteiger partial charge in [0.15, 0.2) is 0 Å². The molecule has 0 aliphatic carbocycles. The smallest absolute Gasteiger partial charge is 0.267 e. The zero-order chi connectivity index (χ0) is 19.8. The number of halogens is 1. The molecule has 0 N–H and O–H groups in total. The summed E-state index contributed by atoms with van der Waals surface area (Å²) in [5.41, 5.74) is 4.58. The number of benzene rings is 2. The van der Waals surface area contributed by atoms with Crippen molar-refractivity contribution in [1.29, 1.82) is 0 Å². The van der Waals surface area contributed by atoms with Crippen molar-refractivity contribution in [3.8, 4) is 27.3 Å². The van der Waals surface area contributed by atoms with Gasteiger partial charge in [0, 0.05) is 22.3 Å². The van der Waals surface area contributed by atoms with Crippen LogP contribution < -0.4 is 5.56 Å². The Bertz CT molecular complexity index is 1360. The average molecular weight is 416 g/mol. The lowest BCUT2D eigenvalue weighted by atomic mass is 10.1. The molecule has 0 aliphatic heterocycles. The van der Waals surface area contributed by atoms with Crippen molar-refractivity contribution < 1.29 is 0 Å². The number of nitrogens with zero attached hydrogens (tertiary/aromatic N) is 3. The third-order valence-electron chi connectivity index (χ3n) is 4.73. The van der Waals surface area contributed by atoms with Crippen molar-refractivity contribution >= 4 is 33.2 Å². The Morgan fingerprint density at radius 3 is 2.21 bits per heavy atom. The van der Waals surface area contributed by atoms with E-state index in [1.807, 2.05) is 66.7 Å². The molecule has 0 unspecified atom stereocenters. The van der Waals surface area contributed by atoms with Gasteiger partial charge in [-0.15, -0.1) is 11.3 Å². The predicted octanol–water partition coefficient (Wildman–Crippen LogP) is 5.83. The summed E-state index contributed by atoms with van der Waals surface area (Å²) in [6, 6.07) is 21.3. The van der Waals surface area contributed by atoms with Gasteiger partial charge in [0.2, 0.25) is 0 Å². The van der Waals surface area contributed by atoms with Gasteiger partial charge < -0.3 is 0 Å². The van der Waals surface area contributed by atoms with E-state index in [9.17, 15) is 4.79 Å². The lowest BCUT2D eigenvalue weighted by Crippen LogP contribution is -2.17. The molecule has 6 heteroatoms. The van der Waals surface area contributed by atoms with Crippen LogP contribution in [0.5, 0.6) is 0 Å². The van der Waals surface area contributed by atoms with E-state index in [1.165, 1.54) is 11.3 Å². The lowest BCUT2D eigenvalue weighted by molar-refractivity contribution is 0.967. The van der Waals surface area contributed by atoms with Crippen molar-refractivity contribution in [2.45, 2.75) is 0 Å². The Balaban J connectivity index is 1.55. The molecular formula is C23H14ClN3OS. The summed E-state index contributed by atoms with van der Waals surface area (Å²) < 4.78 is 2.22. The van der Waals surface area contributed by atoms with Gasteiger partial charge in [-0.05, 0) is 59.2 Å². The Hall–Kier alpha value is -3.28. The molecule has 29 heavy (non-hydrogen) atoms. The van der Waals surface area contributed by atoms with Gasteiger partial charge in [-0.3, -0.25) is 14.3 Å². The topological polar surface area (TPSA) is 47.8 Å². The molecule has 0 saturated carbocycles. The molecule has 0 atom stereocenters. The van der Waals surface area contributed by atoms with E-state index < -0.39 is 0 Å². The van der Waals surface area contributed by atoms with E-state index in [2.05, 4.69) is 9.97 Å². The highest BCUT2D eigenvalue weighted by Gasteiger charge is 2.12. The lowest BCUT2D eigenvalue weighted by Gasteiger charge is -2.07. The zero-order valence-electron chi connectivity index (χ0n) is 15.1. The van der Waals surface area contributed by atoms with Crippen molar-refractivity contribution in [1.82, 2.24) is 14.5 Å². The number of hydrogen-bond donors (Lipinski definition) is 0. The van der Waals surface area contributed by atoms with E-state index in [1.54, 1.807) is 23.3 Å². The summed E-state index contributed by atoms with van der Waals surface area (Å²) in [6.45, 7) is 0. The van der Waals surface area contributed by atoms with Crippen LogP contribution >= 0.6 is 22.9 Å². The number of rotatable bonds is 3. The highest BCUT2D eigenvalue weighted by Crippen LogP contribution is 2.31. The number of hydrogen-bond acceptors (Lipinski definition) is 4. The van der Waals surface area contributed by atoms with Crippen molar-refractivity contribution in [3.63, 3.8) is 0 Å². The van der Waals surface area contributed by atoms with Crippen molar-refractivity contribution in [2.24, 2.45) is 0 Å². The summed E-state index contributed by atoms with van der Waals surface area (Å²) in [5, 5.41) is 0.686. The Morgan fingerprint density at radius 1 is 0.828 bits per heavy atom. The van der Waals surface area contributed by atoms with E-state index in [-0.39, 0.29) is 5.56 Å². The molecule has 0 saturated heterocycles. The fraction of sp³-hybridized carbons (Fsp3) is 0. The molecular weight excluding hydrogens is 402 g/mol. The number of pyridine rings is 1. The fourth-order valence-corrected chi connectivity index (χ4v) is 4.38. The van der Waals surface area contributed by atoms with Gasteiger partial charge in [-0.2, -0.15) is 0 Å². The largest absolute Gasteiger partial charge is 0.275 e. The average Bonchev–Trinajstić information content (AvgIpc) is 3.21. The van der Waals surface area contributed by atoms with Crippen LogP contribution in [0.3, 0.4) is 0 Å². The Morgan fingerprint density at radius 2 is 1.48 bits per heavy atom. The number of aromatic nitrogens is 3. The van der Waals surface area contributed by atoms with Crippen LogP contribution in [0.15, 0.2) is 90.2 Å². The summed E-state index contributed by atoms with van der Waals surface area (Å²) in [4.78, 5) is 22.6. The standard InChI is InChI=1S/C23H14ClN3OS/c24-18-5-1-17(2-6-18)21-13-20-22(29-21)23(28)27(14-26-20)19-7-3-15(4-8-19)16-9-11-25-12-10-16/h1-14H. The molecule has 3 aromatic heterocycles. The van der Waals surface area contributed by atoms with E-state index in [0.717, 1.165) is 27.3 Å². The maximum absolute atomic E-state index is 13.1. The third kappa shape index (κ3) is 3.35. The minimum absolute atomic E-state index is 0.0723. The van der Waals surface area contributed by atoms with E-state index in [0.29, 0.717) is 15.2 Å². The first-order chi connectivity index (χ1) is 14.2. The molecule has 0 amide bonds. The molecule has 5 aromatic rings. The molecule has 0 fully saturated rings. The SMILES string of the molecule is O=c1c2sc(-c3ccc(Cl)cc3)cc2ncn1-c1ccc(-c2ccncc2)cc1. The minimum atomic E-state index is -0.0723. The molecule has 0 aliphatic rings. The van der Waals surface area contributed by atoms with Gasteiger partial charge in [0.25, 0.3) is 5.56 Å². The van der Waals surface area contributed by atoms with Crippen molar-refractivity contribution in [3.05, 3.63) is 101 Å². The summed E-state index contributed by atoms with van der Waals surface area (Å²) in [6.07, 6.45) is 5.12. The molecule has 0 spiro atoms. The zero-order valence-corrected chi connectivity index (χ0v) is 16.7. The summed E-state index contributed by atoms with van der Waals surface area (Å²) >= 11 is 7.42. The number of thiophene rings is 1. The maximum Gasteiger partial charge on any atom is 0.275 e. The Labute approximate surface area is 175 Å². The molecule has 140 valence electrons. The highest BCUT2D eigenvalue weighted by atomic mass is 35.5. The molecule has 3 heterocycles. The highest BCUT2D eigenvalue weighted by molar-refractivity contribution is 7.22. The van der Waals surface area contributed by atoms with E-state index in [4.69, 9.17) is 11.6 Å². The quantitative estimate of drug-likeness (QED) is 0.372. The maximum atomic E-state index is 13.1. The van der Waals surface area contributed by atoms with Crippen LogP contribution in [0.4, 0.5) is 0 Å². The molecule has 2 aromatic carbocycles. The second-order valence-electron chi connectivity index (χ2n) is 6.53.